The van der Waals surface area contributed by atoms with Crippen molar-refractivity contribution in [2.45, 2.75) is 31.3 Å². The first-order chi connectivity index (χ1) is 5.65. The van der Waals surface area contributed by atoms with Gasteiger partial charge in [-0.15, -0.1) is 0 Å². The van der Waals surface area contributed by atoms with Crippen LogP contribution in [0.3, 0.4) is 0 Å². The summed E-state index contributed by atoms with van der Waals surface area (Å²) in [5.74, 6) is 0.311. The number of nitrogens with zero attached hydrogens (tertiary/aromatic N) is 1. The Labute approximate surface area is 74.5 Å². The molecule has 3 heteroatoms. The van der Waals surface area contributed by atoms with Gasteiger partial charge in [0.1, 0.15) is 0 Å². The fourth-order valence-electron chi connectivity index (χ4n) is 1.94. The van der Waals surface area contributed by atoms with Crippen molar-refractivity contribution in [3.05, 3.63) is 0 Å². The molecule has 3 N–H and O–H groups in total. The molecule has 12 heavy (non-hydrogen) atoms. The van der Waals surface area contributed by atoms with Gasteiger partial charge in [-0.2, -0.15) is 0 Å². The molecule has 0 radical (unpaired) electrons. The molecule has 0 spiro atoms. The molecule has 1 rings (SSSR count). The summed E-state index contributed by atoms with van der Waals surface area (Å²) in [5, 5.41) is 9.06. The lowest BCUT2D eigenvalue weighted by Crippen LogP contribution is -2.44. The molecule has 3 atom stereocenters. The summed E-state index contributed by atoms with van der Waals surface area (Å²) in [7, 11) is 4.19. The highest BCUT2D eigenvalue weighted by Gasteiger charge is 2.28. The van der Waals surface area contributed by atoms with Crippen LogP contribution in [-0.2, 0) is 0 Å². The maximum atomic E-state index is 9.06. The van der Waals surface area contributed by atoms with Crippen molar-refractivity contribution in [2.24, 2.45) is 11.7 Å². The summed E-state index contributed by atoms with van der Waals surface area (Å²) in [5.41, 5.74) is 5.87. The number of hydrogen-bond donors (Lipinski definition) is 2. The van der Waals surface area contributed by atoms with Crippen molar-refractivity contribution in [1.29, 1.82) is 0 Å². The summed E-state index contributed by atoms with van der Waals surface area (Å²) in [6.07, 6.45) is 3.27. The third-order valence-corrected chi connectivity index (χ3v) is 2.98. The van der Waals surface area contributed by atoms with Crippen LogP contribution < -0.4 is 5.73 Å². The van der Waals surface area contributed by atoms with Crippen LogP contribution in [0.5, 0.6) is 0 Å². The van der Waals surface area contributed by atoms with E-state index in [2.05, 4.69) is 19.0 Å². The van der Waals surface area contributed by atoms with Gasteiger partial charge in [-0.25, -0.2) is 0 Å². The summed E-state index contributed by atoms with van der Waals surface area (Å²) >= 11 is 0. The first kappa shape index (κ1) is 9.96. The standard InChI is InChI=1S/C9H20N2O/c1-11(2)8-3-4-9(10)7(5-8)6-12/h7-9,12H,3-6,10H2,1-2H3. The third kappa shape index (κ3) is 2.19. The maximum Gasteiger partial charge on any atom is 0.0474 e. The monoisotopic (exact) mass is 172 g/mol. The molecule has 1 aliphatic rings. The Bertz CT molecular complexity index is 138. The molecule has 3 nitrogen and oxygen atoms in total. The maximum absolute atomic E-state index is 9.06. The summed E-state index contributed by atoms with van der Waals surface area (Å²) in [6, 6.07) is 0.827. The van der Waals surface area contributed by atoms with Crippen molar-refractivity contribution >= 4 is 0 Å². The van der Waals surface area contributed by atoms with E-state index in [1.807, 2.05) is 0 Å². The highest BCUT2D eigenvalue weighted by molar-refractivity contribution is 4.85. The highest BCUT2D eigenvalue weighted by Crippen LogP contribution is 2.25. The molecule has 0 aromatic rings. The summed E-state index contributed by atoms with van der Waals surface area (Å²) < 4.78 is 0. The zero-order valence-electron chi connectivity index (χ0n) is 8.03. The normalized spacial score (nSPS) is 37.2. The van der Waals surface area contributed by atoms with Gasteiger partial charge in [0.15, 0.2) is 0 Å². The van der Waals surface area contributed by atoms with E-state index in [-0.39, 0.29) is 12.6 Å². The predicted molar refractivity (Wildman–Crippen MR) is 49.9 cm³/mol. The molecule has 0 saturated heterocycles. The molecule has 0 aliphatic heterocycles. The summed E-state index contributed by atoms with van der Waals surface area (Å²) in [4.78, 5) is 2.23. The van der Waals surface area contributed by atoms with Gasteiger partial charge in [0.25, 0.3) is 0 Å². The predicted octanol–water partition coefficient (Wildman–Crippen LogP) is 0.0363. The van der Waals surface area contributed by atoms with E-state index >= 15 is 0 Å². The Morgan fingerprint density at radius 3 is 2.58 bits per heavy atom. The van der Waals surface area contributed by atoms with Crippen molar-refractivity contribution in [1.82, 2.24) is 4.90 Å². The Hall–Kier alpha value is -0.120. The van der Waals surface area contributed by atoms with Gasteiger partial charge >= 0.3 is 0 Å². The average molecular weight is 172 g/mol. The van der Waals surface area contributed by atoms with Gasteiger partial charge in [0.2, 0.25) is 0 Å². The third-order valence-electron chi connectivity index (χ3n) is 2.98. The SMILES string of the molecule is CN(C)C1CCC(N)C(CO)C1. The molecular formula is C9H20N2O. The Morgan fingerprint density at radius 1 is 1.42 bits per heavy atom. The van der Waals surface area contributed by atoms with E-state index < -0.39 is 0 Å². The van der Waals surface area contributed by atoms with Crippen molar-refractivity contribution in [3.8, 4) is 0 Å². The molecule has 0 amide bonds. The number of rotatable bonds is 2. The molecule has 3 unspecified atom stereocenters. The smallest absolute Gasteiger partial charge is 0.0474 e. The Kier molecular flexibility index (Phi) is 3.50. The molecule has 0 bridgehead atoms. The second-order valence-corrected chi connectivity index (χ2v) is 4.04. The van der Waals surface area contributed by atoms with Gasteiger partial charge in [-0.1, -0.05) is 0 Å². The molecule has 0 heterocycles. The van der Waals surface area contributed by atoms with Crippen LogP contribution in [-0.4, -0.2) is 42.8 Å². The fraction of sp³-hybridized carbons (Fsp3) is 1.00. The van der Waals surface area contributed by atoms with E-state index in [1.165, 1.54) is 6.42 Å². The van der Waals surface area contributed by atoms with Crippen LogP contribution in [0.15, 0.2) is 0 Å². The van der Waals surface area contributed by atoms with Gasteiger partial charge < -0.3 is 15.7 Å². The molecule has 1 saturated carbocycles. The van der Waals surface area contributed by atoms with E-state index in [9.17, 15) is 0 Å². The summed E-state index contributed by atoms with van der Waals surface area (Å²) in [6.45, 7) is 0.242. The first-order valence-corrected chi connectivity index (χ1v) is 4.68. The van der Waals surface area contributed by atoms with Crippen LogP contribution in [0.25, 0.3) is 0 Å². The number of aliphatic hydroxyl groups excluding tert-OH is 1. The van der Waals surface area contributed by atoms with Crippen LogP contribution in [0.2, 0.25) is 0 Å². The second kappa shape index (κ2) is 4.21. The molecular weight excluding hydrogens is 152 g/mol. The van der Waals surface area contributed by atoms with Crippen LogP contribution in [0, 0.1) is 5.92 Å². The van der Waals surface area contributed by atoms with Gasteiger partial charge in [-0.3, -0.25) is 0 Å². The molecule has 72 valence electrons. The zero-order valence-corrected chi connectivity index (χ0v) is 8.03. The largest absolute Gasteiger partial charge is 0.396 e. The van der Waals surface area contributed by atoms with E-state index in [1.54, 1.807) is 0 Å². The van der Waals surface area contributed by atoms with Gasteiger partial charge in [0.05, 0.1) is 0 Å². The molecule has 0 aromatic heterocycles. The lowest BCUT2D eigenvalue weighted by atomic mass is 9.82. The minimum Gasteiger partial charge on any atom is -0.396 e. The van der Waals surface area contributed by atoms with E-state index in [0.717, 1.165) is 12.8 Å². The van der Waals surface area contributed by atoms with Crippen LogP contribution in [0.4, 0.5) is 0 Å². The minimum absolute atomic E-state index is 0.214. The number of hydrogen-bond acceptors (Lipinski definition) is 3. The first-order valence-electron chi connectivity index (χ1n) is 4.68. The van der Waals surface area contributed by atoms with E-state index in [4.69, 9.17) is 10.8 Å². The van der Waals surface area contributed by atoms with Crippen molar-refractivity contribution < 1.29 is 5.11 Å². The Balaban J connectivity index is 2.44. The molecule has 0 aromatic carbocycles. The molecule has 1 fully saturated rings. The lowest BCUT2D eigenvalue weighted by Gasteiger charge is -2.36. The zero-order chi connectivity index (χ0) is 9.14. The highest BCUT2D eigenvalue weighted by atomic mass is 16.3. The van der Waals surface area contributed by atoms with Crippen LogP contribution >= 0.6 is 0 Å². The van der Waals surface area contributed by atoms with Gasteiger partial charge in [0, 0.05) is 18.7 Å². The average Bonchev–Trinajstić information content (AvgIpc) is 2.05. The molecule has 1 aliphatic carbocycles. The minimum atomic E-state index is 0.214. The fourth-order valence-corrected chi connectivity index (χ4v) is 1.94. The second-order valence-electron chi connectivity index (χ2n) is 4.04. The number of aliphatic hydroxyl groups is 1. The Morgan fingerprint density at radius 2 is 2.08 bits per heavy atom. The number of nitrogens with two attached hydrogens (primary N) is 1. The quantitative estimate of drug-likeness (QED) is 0.618. The van der Waals surface area contributed by atoms with Gasteiger partial charge in [-0.05, 0) is 39.3 Å². The topological polar surface area (TPSA) is 49.5 Å². The van der Waals surface area contributed by atoms with Crippen LogP contribution in [0.1, 0.15) is 19.3 Å². The van der Waals surface area contributed by atoms with Crippen molar-refractivity contribution in [2.75, 3.05) is 20.7 Å². The lowest BCUT2D eigenvalue weighted by molar-refractivity contribution is 0.115. The van der Waals surface area contributed by atoms with E-state index in [0.29, 0.717) is 12.0 Å². The van der Waals surface area contributed by atoms with Crippen molar-refractivity contribution in [3.63, 3.8) is 0 Å².